The predicted molar refractivity (Wildman–Crippen MR) is 84.7 cm³/mol. The smallest absolute Gasteiger partial charge is 0.132 e. The van der Waals surface area contributed by atoms with Gasteiger partial charge in [-0.05, 0) is 13.0 Å². The van der Waals surface area contributed by atoms with Crippen molar-refractivity contribution >= 4 is 22.4 Å². The minimum Gasteiger partial charge on any atom is -0.490 e. The van der Waals surface area contributed by atoms with Crippen LogP contribution in [0, 0.1) is 0 Å². The first-order chi connectivity index (χ1) is 9.56. The highest BCUT2D eigenvalue weighted by Crippen LogP contribution is 2.43. The van der Waals surface area contributed by atoms with Crippen molar-refractivity contribution in [3.05, 3.63) is 40.9 Å². The molecule has 106 valence electrons. The normalized spacial score (nSPS) is 21.9. The summed E-state index contributed by atoms with van der Waals surface area (Å²) in [6.07, 6.45) is 1.18. The Morgan fingerprint density at radius 2 is 1.95 bits per heavy atom. The summed E-state index contributed by atoms with van der Waals surface area (Å²) >= 11 is 6.45. The summed E-state index contributed by atoms with van der Waals surface area (Å²) in [5, 5.41) is 6.59. The molecule has 0 radical (unpaired) electrons. The molecule has 20 heavy (non-hydrogen) atoms. The van der Waals surface area contributed by atoms with Crippen molar-refractivity contribution in [2.45, 2.75) is 45.4 Å². The van der Waals surface area contributed by atoms with E-state index in [2.05, 4.69) is 38.2 Å². The molecular formula is C17H20ClNO. The van der Waals surface area contributed by atoms with Crippen LogP contribution in [-0.4, -0.2) is 12.1 Å². The van der Waals surface area contributed by atoms with E-state index >= 15 is 0 Å². The Balaban J connectivity index is 2.19. The SMILES string of the molecule is CC(C)NC1CC(C)Oc2c1cc(Cl)c1ccccc21. The highest BCUT2D eigenvalue weighted by molar-refractivity contribution is 6.36. The zero-order valence-corrected chi connectivity index (χ0v) is 12.9. The van der Waals surface area contributed by atoms with Gasteiger partial charge in [0.05, 0.1) is 6.10 Å². The van der Waals surface area contributed by atoms with E-state index in [0.29, 0.717) is 12.1 Å². The van der Waals surface area contributed by atoms with Crippen molar-refractivity contribution in [3.8, 4) is 5.75 Å². The molecule has 3 rings (SSSR count). The van der Waals surface area contributed by atoms with Crippen molar-refractivity contribution in [2.75, 3.05) is 0 Å². The number of benzene rings is 2. The monoisotopic (exact) mass is 289 g/mol. The maximum atomic E-state index is 6.45. The lowest BCUT2D eigenvalue weighted by Crippen LogP contribution is -2.35. The maximum absolute atomic E-state index is 6.45. The summed E-state index contributed by atoms with van der Waals surface area (Å²) < 4.78 is 6.11. The Morgan fingerprint density at radius 1 is 1.25 bits per heavy atom. The highest BCUT2D eigenvalue weighted by atomic mass is 35.5. The van der Waals surface area contributed by atoms with Gasteiger partial charge in [0.15, 0.2) is 0 Å². The van der Waals surface area contributed by atoms with Gasteiger partial charge in [-0.3, -0.25) is 0 Å². The summed E-state index contributed by atoms with van der Waals surface area (Å²) in [4.78, 5) is 0. The summed E-state index contributed by atoms with van der Waals surface area (Å²) in [7, 11) is 0. The molecule has 0 fully saturated rings. The molecule has 2 atom stereocenters. The summed E-state index contributed by atoms with van der Waals surface area (Å²) in [6.45, 7) is 6.46. The molecule has 1 aliphatic heterocycles. The molecule has 1 heterocycles. The van der Waals surface area contributed by atoms with Crippen LogP contribution in [0.5, 0.6) is 5.75 Å². The van der Waals surface area contributed by atoms with Crippen LogP contribution in [0.1, 0.15) is 38.8 Å². The fourth-order valence-corrected chi connectivity index (χ4v) is 3.27. The van der Waals surface area contributed by atoms with Gasteiger partial charge in [0.1, 0.15) is 5.75 Å². The number of hydrogen-bond donors (Lipinski definition) is 1. The van der Waals surface area contributed by atoms with E-state index in [1.807, 2.05) is 18.2 Å². The first-order valence-corrected chi connectivity index (χ1v) is 7.58. The average molecular weight is 290 g/mol. The molecule has 0 spiro atoms. The highest BCUT2D eigenvalue weighted by Gasteiger charge is 2.28. The molecule has 2 unspecified atom stereocenters. The summed E-state index contributed by atoms with van der Waals surface area (Å²) in [5.41, 5.74) is 1.18. The molecule has 1 N–H and O–H groups in total. The van der Waals surface area contributed by atoms with Crippen molar-refractivity contribution in [1.82, 2.24) is 5.32 Å². The molecular weight excluding hydrogens is 270 g/mol. The van der Waals surface area contributed by atoms with E-state index in [1.54, 1.807) is 0 Å². The van der Waals surface area contributed by atoms with Gasteiger partial charge in [-0.25, -0.2) is 0 Å². The summed E-state index contributed by atoms with van der Waals surface area (Å²) in [5.74, 6) is 0.988. The van der Waals surface area contributed by atoms with Gasteiger partial charge in [-0.1, -0.05) is 49.7 Å². The van der Waals surface area contributed by atoms with Crippen LogP contribution in [0.15, 0.2) is 30.3 Å². The van der Waals surface area contributed by atoms with Gasteiger partial charge in [0.2, 0.25) is 0 Å². The number of fused-ring (bicyclic) bond motifs is 3. The number of nitrogens with one attached hydrogen (secondary N) is 1. The molecule has 2 nitrogen and oxygen atoms in total. The molecule has 0 amide bonds. The second-order valence-corrected chi connectivity index (χ2v) is 6.27. The van der Waals surface area contributed by atoms with Crippen LogP contribution in [-0.2, 0) is 0 Å². The molecule has 2 aromatic carbocycles. The fourth-order valence-electron chi connectivity index (χ4n) is 2.98. The molecule has 0 aromatic heterocycles. The lowest BCUT2D eigenvalue weighted by atomic mass is 9.93. The first kappa shape index (κ1) is 13.7. The fraction of sp³-hybridized carbons (Fsp3) is 0.412. The van der Waals surface area contributed by atoms with Crippen LogP contribution in [0.2, 0.25) is 5.02 Å². The van der Waals surface area contributed by atoms with Crippen molar-refractivity contribution in [2.24, 2.45) is 0 Å². The van der Waals surface area contributed by atoms with Gasteiger partial charge in [0, 0.05) is 39.9 Å². The predicted octanol–water partition coefficient (Wildman–Crippen LogP) is 4.70. The molecule has 0 bridgehead atoms. The van der Waals surface area contributed by atoms with E-state index in [9.17, 15) is 0 Å². The molecule has 0 aliphatic carbocycles. The Morgan fingerprint density at radius 3 is 2.65 bits per heavy atom. The number of hydrogen-bond acceptors (Lipinski definition) is 2. The van der Waals surface area contributed by atoms with Crippen molar-refractivity contribution in [1.29, 1.82) is 0 Å². The third kappa shape index (κ3) is 2.38. The molecule has 3 heteroatoms. The zero-order chi connectivity index (χ0) is 14.3. The topological polar surface area (TPSA) is 21.3 Å². The molecule has 2 aromatic rings. The maximum Gasteiger partial charge on any atom is 0.132 e. The molecule has 0 saturated carbocycles. The second kappa shape index (κ2) is 5.27. The summed E-state index contributed by atoms with van der Waals surface area (Å²) in [6, 6.07) is 11.0. The van der Waals surface area contributed by atoms with Crippen molar-refractivity contribution in [3.63, 3.8) is 0 Å². The van der Waals surface area contributed by atoms with E-state index < -0.39 is 0 Å². The lowest BCUT2D eigenvalue weighted by Gasteiger charge is -2.33. The van der Waals surface area contributed by atoms with Crippen LogP contribution in [0.4, 0.5) is 0 Å². The lowest BCUT2D eigenvalue weighted by molar-refractivity contribution is 0.166. The van der Waals surface area contributed by atoms with Crippen LogP contribution in [0.25, 0.3) is 10.8 Å². The minimum absolute atomic E-state index is 0.211. The Labute approximate surface area is 125 Å². The number of rotatable bonds is 2. The van der Waals surface area contributed by atoms with Gasteiger partial charge < -0.3 is 10.1 Å². The van der Waals surface area contributed by atoms with Gasteiger partial charge in [-0.15, -0.1) is 0 Å². The third-order valence-corrected chi connectivity index (χ3v) is 4.08. The zero-order valence-electron chi connectivity index (χ0n) is 12.1. The van der Waals surface area contributed by atoms with E-state index in [-0.39, 0.29) is 6.10 Å². The quantitative estimate of drug-likeness (QED) is 0.865. The largest absolute Gasteiger partial charge is 0.490 e. The number of halogens is 1. The van der Waals surface area contributed by atoms with Gasteiger partial charge in [0.25, 0.3) is 0 Å². The standard InChI is InChI=1S/C17H20ClNO/c1-10(2)19-16-8-11(3)20-17-13-7-5-4-6-12(13)15(18)9-14(16)17/h4-7,9-11,16,19H,8H2,1-3H3. The third-order valence-electron chi connectivity index (χ3n) is 3.77. The Bertz CT molecular complexity index is 638. The van der Waals surface area contributed by atoms with Crippen LogP contribution >= 0.6 is 11.6 Å². The minimum atomic E-state index is 0.211. The number of ether oxygens (including phenoxy) is 1. The van der Waals surface area contributed by atoms with E-state index in [0.717, 1.165) is 28.0 Å². The first-order valence-electron chi connectivity index (χ1n) is 7.20. The second-order valence-electron chi connectivity index (χ2n) is 5.86. The van der Waals surface area contributed by atoms with Gasteiger partial charge in [-0.2, -0.15) is 0 Å². The van der Waals surface area contributed by atoms with Crippen LogP contribution in [0.3, 0.4) is 0 Å². The average Bonchev–Trinajstić information content (AvgIpc) is 2.40. The molecule has 0 saturated heterocycles. The van der Waals surface area contributed by atoms with Crippen molar-refractivity contribution < 1.29 is 4.74 Å². The van der Waals surface area contributed by atoms with E-state index in [4.69, 9.17) is 16.3 Å². The molecule has 1 aliphatic rings. The Kier molecular flexibility index (Phi) is 3.61. The van der Waals surface area contributed by atoms with E-state index in [1.165, 1.54) is 5.56 Å². The van der Waals surface area contributed by atoms with Crippen LogP contribution < -0.4 is 10.1 Å². The Hall–Kier alpha value is -1.25. The van der Waals surface area contributed by atoms with Gasteiger partial charge >= 0.3 is 0 Å².